The van der Waals surface area contributed by atoms with Crippen molar-refractivity contribution in [3.8, 4) is 16.9 Å². The summed E-state index contributed by atoms with van der Waals surface area (Å²) in [5, 5.41) is 9.34. The fourth-order valence-electron chi connectivity index (χ4n) is 3.26. The van der Waals surface area contributed by atoms with Gasteiger partial charge in [-0.25, -0.2) is 0 Å². The maximum Gasteiger partial charge on any atom is 0.320 e. The highest BCUT2D eigenvalue weighted by atomic mass is 16.5. The Morgan fingerprint density at radius 2 is 1.83 bits per heavy atom. The molecule has 0 spiro atoms. The third kappa shape index (κ3) is 3.95. The van der Waals surface area contributed by atoms with Crippen molar-refractivity contribution in [2.45, 2.75) is 25.3 Å². The van der Waals surface area contributed by atoms with E-state index in [0.29, 0.717) is 13.2 Å². The lowest BCUT2D eigenvalue weighted by molar-refractivity contribution is -0.144. The topological polar surface area (TPSA) is 49.8 Å². The summed E-state index contributed by atoms with van der Waals surface area (Å²) in [6, 6.07) is 17.7. The van der Waals surface area contributed by atoms with E-state index in [-0.39, 0.29) is 6.04 Å². The van der Waals surface area contributed by atoms with E-state index < -0.39 is 5.97 Å². The average Bonchev–Trinajstić information content (AvgIpc) is 2.63. The Labute approximate surface area is 142 Å². The highest BCUT2D eigenvalue weighted by Crippen LogP contribution is 2.29. The number of piperidine rings is 1. The standard InChI is InChI=1S/C20H23NO3/c22-20(23)18-11-6-7-13-21(18)14-15-24-19-12-5-4-10-17(19)16-8-2-1-3-9-16/h1-5,8-10,12,18H,6-7,11,13-15H2,(H,22,23)/t18-/m1/s1. The molecular weight excluding hydrogens is 302 g/mol. The van der Waals surface area contributed by atoms with Crippen LogP contribution < -0.4 is 4.74 Å². The van der Waals surface area contributed by atoms with Crippen LogP contribution in [0.1, 0.15) is 19.3 Å². The van der Waals surface area contributed by atoms with Gasteiger partial charge in [-0.15, -0.1) is 0 Å². The molecule has 1 saturated heterocycles. The molecule has 0 saturated carbocycles. The molecule has 0 aromatic heterocycles. The second-order valence-corrected chi connectivity index (χ2v) is 6.10. The molecule has 1 fully saturated rings. The Morgan fingerprint density at radius 1 is 1.08 bits per heavy atom. The molecular formula is C20H23NO3. The van der Waals surface area contributed by atoms with Crippen molar-refractivity contribution in [3.05, 3.63) is 54.6 Å². The SMILES string of the molecule is O=C(O)[C@H]1CCCCN1CCOc1ccccc1-c1ccccc1. The van der Waals surface area contributed by atoms with E-state index in [2.05, 4.69) is 12.1 Å². The van der Waals surface area contributed by atoms with Crippen LogP contribution in [-0.2, 0) is 4.79 Å². The van der Waals surface area contributed by atoms with Gasteiger partial charge in [0.1, 0.15) is 18.4 Å². The molecule has 0 aliphatic carbocycles. The predicted octanol–water partition coefficient (Wildman–Crippen LogP) is 3.67. The van der Waals surface area contributed by atoms with Crippen LogP contribution in [0.2, 0.25) is 0 Å². The molecule has 1 atom stereocenters. The minimum Gasteiger partial charge on any atom is -0.492 e. The second-order valence-electron chi connectivity index (χ2n) is 6.10. The molecule has 0 bridgehead atoms. The number of nitrogens with zero attached hydrogens (tertiary/aromatic N) is 1. The molecule has 1 heterocycles. The highest BCUT2D eigenvalue weighted by Gasteiger charge is 2.27. The quantitative estimate of drug-likeness (QED) is 0.880. The summed E-state index contributed by atoms with van der Waals surface area (Å²) in [5.74, 6) is 0.118. The summed E-state index contributed by atoms with van der Waals surface area (Å²) in [5.41, 5.74) is 2.18. The molecule has 2 aromatic rings. The van der Waals surface area contributed by atoms with Crippen LogP contribution >= 0.6 is 0 Å². The van der Waals surface area contributed by atoms with E-state index in [1.165, 1.54) is 0 Å². The first-order chi connectivity index (χ1) is 11.8. The maximum absolute atomic E-state index is 11.4. The number of para-hydroxylation sites is 1. The van der Waals surface area contributed by atoms with Gasteiger partial charge in [-0.1, -0.05) is 55.0 Å². The summed E-state index contributed by atoms with van der Waals surface area (Å²) in [6.45, 7) is 1.97. The second kappa shape index (κ2) is 7.97. The van der Waals surface area contributed by atoms with E-state index >= 15 is 0 Å². The minimum atomic E-state index is -0.723. The van der Waals surface area contributed by atoms with Crippen LogP contribution in [0.5, 0.6) is 5.75 Å². The highest BCUT2D eigenvalue weighted by molar-refractivity contribution is 5.73. The fourth-order valence-corrected chi connectivity index (χ4v) is 3.26. The van der Waals surface area contributed by atoms with Crippen molar-refractivity contribution in [2.24, 2.45) is 0 Å². The van der Waals surface area contributed by atoms with E-state index in [1.807, 2.05) is 47.4 Å². The Morgan fingerprint density at radius 3 is 2.62 bits per heavy atom. The van der Waals surface area contributed by atoms with Gasteiger partial charge >= 0.3 is 5.97 Å². The first-order valence-electron chi connectivity index (χ1n) is 8.50. The van der Waals surface area contributed by atoms with Crippen molar-refractivity contribution in [3.63, 3.8) is 0 Å². The number of aliphatic carboxylic acids is 1. The fraction of sp³-hybridized carbons (Fsp3) is 0.350. The molecule has 126 valence electrons. The third-order valence-electron chi connectivity index (χ3n) is 4.51. The number of carbonyl (C=O) groups is 1. The van der Waals surface area contributed by atoms with Gasteiger partial charge in [0.25, 0.3) is 0 Å². The Bertz CT molecular complexity index is 672. The average molecular weight is 325 g/mol. The van der Waals surface area contributed by atoms with Gasteiger partial charge in [-0.05, 0) is 31.0 Å². The van der Waals surface area contributed by atoms with E-state index in [0.717, 1.165) is 42.7 Å². The van der Waals surface area contributed by atoms with Gasteiger partial charge in [0.05, 0.1) is 0 Å². The van der Waals surface area contributed by atoms with Crippen molar-refractivity contribution < 1.29 is 14.6 Å². The molecule has 4 nitrogen and oxygen atoms in total. The van der Waals surface area contributed by atoms with E-state index in [4.69, 9.17) is 4.74 Å². The zero-order chi connectivity index (χ0) is 16.8. The van der Waals surface area contributed by atoms with Crippen LogP contribution in [-0.4, -0.2) is 41.7 Å². The van der Waals surface area contributed by atoms with Crippen LogP contribution in [0.25, 0.3) is 11.1 Å². The summed E-state index contributed by atoms with van der Waals surface area (Å²) >= 11 is 0. The lowest BCUT2D eigenvalue weighted by atomic mass is 10.0. The number of ether oxygens (including phenoxy) is 1. The van der Waals surface area contributed by atoms with Crippen LogP contribution in [0, 0.1) is 0 Å². The number of carboxylic acid groups (broad SMARTS) is 1. The lowest BCUT2D eigenvalue weighted by Crippen LogP contribution is -2.46. The summed E-state index contributed by atoms with van der Waals surface area (Å²) in [6.07, 6.45) is 2.78. The molecule has 0 amide bonds. The van der Waals surface area contributed by atoms with Crippen LogP contribution in [0.15, 0.2) is 54.6 Å². The summed E-state index contributed by atoms with van der Waals surface area (Å²) < 4.78 is 5.99. The first-order valence-corrected chi connectivity index (χ1v) is 8.50. The minimum absolute atomic E-state index is 0.369. The van der Waals surface area contributed by atoms with Gasteiger partial charge in [0, 0.05) is 12.1 Å². The van der Waals surface area contributed by atoms with Gasteiger partial charge in [0.2, 0.25) is 0 Å². The molecule has 0 radical (unpaired) electrons. The van der Waals surface area contributed by atoms with Gasteiger partial charge in [0.15, 0.2) is 0 Å². The van der Waals surface area contributed by atoms with Crippen molar-refractivity contribution in [1.82, 2.24) is 4.90 Å². The third-order valence-corrected chi connectivity index (χ3v) is 4.51. The molecule has 4 heteroatoms. The van der Waals surface area contributed by atoms with E-state index in [1.54, 1.807) is 0 Å². The lowest BCUT2D eigenvalue weighted by Gasteiger charge is -2.32. The van der Waals surface area contributed by atoms with Crippen molar-refractivity contribution >= 4 is 5.97 Å². The zero-order valence-corrected chi connectivity index (χ0v) is 13.7. The van der Waals surface area contributed by atoms with Gasteiger partial charge < -0.3 is 9.84 Å². The Hall–Kier alpha value is -2.33. The predicted molar refractivity (Wildman–Crippen MR) is 94.2 cm³/mol. The number of hydrogen-bond donors (Lipinski definition) is 1. The number of benzene rings is 2. The Kier molecular flexibility index (Phi) is 5.49. The number of hydrogen-bond acceptors (Lipinski definition) is 3. The maximum atomic E-state index is 11.4. The zero-order valence-electron chi connectivity index (χ0n) is 13.7. The van der Waals surface area contributed by atoms with Gasteiger partial charge in [-0.3, -0.25) is 9.69 Å². The molecule has 1 aliphatic heterocycles. The number of carboxylic acids is 1. The monoisotopic (exact) mass is 325 g/mol. The van der Waals surface area contributed by atoms with Crippen molar-refractivity contribution in [1.29, 1.82) is 0 Å². The van der Waals surface area contributed by atoms with E-state index in [9.17, 15) is 9.90 Å². The number of rotatable bonds is 6. The molecule has 3 rings (SSSR count). The normalized spacial score (nSPS) is 18.2. The molecule has 24 heavy (non-hydrogen) atoms. The molecule has 2 aromatic carbocycles. The Balaban J connectivity index is 1.64. The molecule has 0 unspecified atom stereocenters. The first kappa shape index (κ1) is 16.5. The number of likely N-dealkylation sites (tertiary alicyclic amines) is 1. The van der Waals surface area contributed by atoms with Gasteiger partial charge in [-0.2, -0.15) is 0 Å². The molecule has 1 aliphatic rings. The van der Waals surface area contributed by atoms with Crippen LogP contribution in [0.3, 0.4) is 0 Å². The smallest absolute Gasteiger partial charge is 0.320 e. The summed E-state index contributed by atoms with van der Waals surface area (Å²) in [7, 11) is 0. The summed E-state index contributed by atoms with van der Waals surface area (Å²) in [4.78, 5) is 13.4. The largest absolute Gasteiger partial charge is 0.492 e. The van der Waals surface area contributed by atoms with Crippen LogP contribution in [0.4, 0.5) is 0 Å². The van der Waals surface area contributed by atoms with Crippen molar-refractivity contribution in [2.75, 3.05) is 19.7 Å². The molecule has 1 N–H and O–H groups in total.